The molecule has 1 amide bonds. The van der Waals surface area contributed by atoms with E-state index in [1.54, 1.807) is 0 Å². The van der Waals surface area contributed by atoms with Gasteiger partial charge in [-0.3, -0.25) is 4.79 Å². The Morgan fingerprint density at radius 2 is 2.07 bits per heavy atom. The molecule has 0 spiro atoms. The van der Waals surface area contributed by atoms with Crippen LogP contribution in [0.2, 0.25) is 0 Å². The van der Waals surface area contributed by atoms with E-state index in [0.717, 1.165) is 0 Å². The van der Waals surface area contributed by atoms with Gasteiger partial charge < -0.3 is 4.90 Å². The zero-order valence-corrected chi connectivity index (χ0v) is 8.90. The van der Waals surface area contributed by atoms with Crippen LogP contribution >= 0.6 is 0 Å². The van der Waals surface area contributed by atoms with Gasteiger partial charge in [0.2, 0.25) is 5.91 Å². The summed E-state index contributed by atoms with van der Waals surface area (Å²) in [7, 11) is 1.88. The van der Waals surface area contributed by atoms with Gasteiger partial charge in [-0.15, -0.1) is 0 Å². The van der Waals surface area contributed by atoms with Gasteiger partial charge in [0.05, 0.1) is 11.5 Å². The van der Waals surface area contributed by atoms with E-state index in [1.165, 1.54) is 11.1 Å². The third-order valence-electron chi connectivity index (χ3n) is 3.63. The molecule has 1 aromatic rings. The Kier molecular flexibility index (Phi) is 1.46. The normalized spacial score (nSPS) is 32.0. The van der Waals surface area contributed by atoms with E-state index in [9.17, 15) is 4.79 Å². The minimum Gasteiger partial charge on any atom is -0.334 e. The molecule has 0 fully saturated rings. The molecule has 2 atom stereocenters. The molecule has 1 aromatic carbocycles. The molecule has 76 valence electrons. The fraction of sp³-hybridized carbons (Fsp3) is 0.308. The number of carbonyl (C=O) groups excluding carboxylic acids is 1. The molecule has 15 heavy (non-hydrogen) atoms. The average molecular weight is 199 g/mol. The Balaban J connectivity index is 2.34. The molecule has 2 heterocycles. The summed E-state index contributed by atoms with van der Waals surface area (Å²) < 4.78 is 0. The molecule has 0 aromatic heterocycles. The Hall–Kier alpha value is -1.57. The fourth-order valence-electron chi connectivity index (χ4n) is 2.72. The zero-order chi connectivity index (χ0) is 10.6. The summed E-state index contributed by atoms with van der Waals surface area (Å²) in [4.78, 5) is 14.0. The van der Waals surface area contributed by atoms with Gasteiger partial charge in [-0.05, 0) is 18.1 Å². The van der Waals surface area contributed by atoms with E-state index in [-0.39, 0.29) is 11.9 Å². The third kappa shape index (κ3) is 0.870. The summed E-state index contributed by atoms with van der Waals surface area (Å²) >= 11 is 0. The van der Waals surface area contributed by atoms with Gasteiger partial charge in [-0.25, -0.2) is 0 Å². The lowest BCUT2D eigenvalue weighted by Crippen LogP contribution is -2.51. The van der Waals surface area contributed by atoms with Crippen molar-refractivity contribution in [2.24, 2.45) is 0 Å². The molecule has 1 unspecified atom stereocenters. The quantitative estimate of drug-likeness (QED) is 0.585. The first-order chi connectivity index (χ1) is 7.14. The van der Waals surface area contributed by atoms with Crippen LogP contribution in [0.4, 0.5) is 0 Å². The van der Waals surface area contributed by atoms with Crippen LogP contribution in [0.5, 0.6) is 0 Å². The molecular formula is C13H13NO. The van der Waals surface area contributed by atoms with Crippen molar-refractivity contribution in [2.45, 2.75) is 18.4 Å². The van der Waals surface area contributed by atoms with E-state index in [2.05, 4.69) is 18.2 Å². The van der Waals surface area contributed by atoms with Crippen molar-refractivity contribution >= 4 is 5.91 Å². The molecule has 0 radical (unpaired) electrons. The molecule has 4 rings (SSSR count). The standard InChI is InChI=1S/C13H13NO/c1-13-8-7-11(14(2)12(13)15)9-5-3-4-6-10(9)13/h3-8,11H,1-2H3/t11-,13?/m0/s1. The Morgan fingerprint density at radius 3 is 2.87 bits per heavy atom. The van der Waals surface area contributed by atoms with E-state index in [1.807, 2.05) is 37.1 Å². The van der Waals surface area contributed by atoms with E-state index in [4.69, 9.17) is 0 Å². The highest BCUT2D eigenvalue weighted by Gasteiger charge is 2.47. The summed E-state index contributed by atoms with van der Waals surface area (Å²) in [6.45, 7) is 2.00. The van der Waals surface area contributed by atoms with Crippen molar-refractivity contribution in [3.8, 4) is 0 Å². The maximum absolute atomic E-state index is 12.1. The second kappa shape index (κ2) is 2.51. The van der Waals surface area contributed by atoms with Crippen LogP contribution in [-0.2, 0) is 10.2 Å². The molecular weight excluding hydrogens is 186 g/mol. The Morgan fingerprint density at radius 1 is 1.33 bits per heavy atom. The zero-order valence-electron chi connectivity index (χ0n) is 8.90. The van der Waals surface area contributed by atoms with Crippen LogP contribution in [0, 0.1) is 0 Å². The molecule has 3 aliphatic rings. The third-order valence-corrected chi connectivity index (χ3v) is 3.63. The molecule has 2 heteroatoms. The Labute approximate surface area is 89.2 Å². The number of amides is 1. The first kappa shape index (κ1) is 8.72. The number of hydrogen-bond acceptors (Lipinski definition) is 1. The summed E-state index contributed by atoms with van der Waals surface area (Å²) in [5, 5.41) is 0. The van der Waals surface area contributed by atoms with Crippen molar-refractivity contribution in [1.29, 1.82) is 0 Å². The van der Waals surface area contributed by atoms with Gasteiger partial charge in [0.25, 0.3) is 0 Å². The highest BCUT2D eigenvalue weighted by atomic mass is 16.2. The molecule has 0 N–H and O–H groups in total. The van der Waals surface area contributed by atoms with Gasteiger partial charge in [-0.1, -0.05) is 36.4 Å². The maximum Gasteiger partial charge on any atom is 0.237 e. The van der Waals surface area contributed by atoms with Gasteiger partial charge in [0.1, 0.15) is 0 Å². The number of rotatable bonds is 0. The second-order valence-electron chi connectivity index (χ2n) is 4.51. The maximum atomic E-state index is 12.1. The molecule has 2 nitrogen and oxygen atoms in total. The van der Waals surface area contributed by atoms with Crippen molar-refractivity contribution in [3.63, 3.8) is 0 Å². The smallest absolute Gasteiger partial charge is 0.237 e. The van der Waals surface area contributed by atoms with Crippen LogP contribution in [0.15, 0.2) is 36.4 Å². The van der Waals surface area contributed by atoms with Gasteiger partial charge in [0, 0.05) is 7.05 Å². The van der Waals surface area contributed by atoms with E-state index < -0.39 is 5.41 Å². The first-order valence-electron chi connectivity index (χ1n) is 5.20. The SMILES string of the molecule is CN1C(=O)C2(C)C=C[C@H]1c1ccccc12. The number of benzene rings is 1. The molecule has 2 aliphatic heterocycles. The van der Waals surface area contributed by atoms with Gasteiger partial charge in [0.15, 0.2) is 0 Å². The molecule has 0 saturated carbocycles. The highest BCUT2D eigenvalue weighted by molar-refractivity contribution is 5.94. The summed E-state index contributed by atoms with van der Waals surface area (Å²) in [5.41, 5.74) is 1.99. The molecule has 1 aliphatic carbocycles. The highest BCUT2D eigenvalue weighted by Crippen LogP contribution is 2.45. The lowest BCUT2D eigenvalue weighted by atomic mass is 9.69. The second-order valence-corrected chi connectivity index (χ2v) is 4.51. The number of likely N-dealkylation sites (N-methyl/N-ethyl adjacent to an activating group) is 1. The molecule has 2 bridgehead atoms. The number of fused-ring (bicyclic) bond motifs is 1. The van der Waals surface area contributed by atoms with Crippen LogP contribution in [-0.4, -0.2) is 17.9 Å². The first-order valence-corrected chi connectivity index (χ1v) is 5.20. The lowest BCUT2D eigenvalue weighted by molar-refractivity contribution is -0.137. The van der Waals surface area contributed by atoms with E-state index in [0.29, 0.717) is 0 Å². The average Bonchev–Trinajstić information content (AvgIpc) is 2.26. The molecule has 0 saturated heterocycles. The van der Waals surface area contributed by atoms with Crippen LogP contribution in [0.3, 0.4) is 0 Å². The fourth-order valence-corrected chi connectivity index (χ4v) is 2.72. The van der Waals surface area contributed by atoms with Gasteiger partial charge in [-0.2, -0.15) is 0 Å². The van der Waals surface area contributed by atoms with Crippen molar-refractivity contribution in [2.75, 3.05) is 7.05 Å². The predicted molar refractivity (Wildman–Crippen MR) is 58.4 cm³/mol. The summed E-state index contributed by atoms with van der Waals surface area (Å²) in [6, 6.07) is 8.36. The van der Waals surface area contributed by atoms with E-state index >= 15 is 0 Å². The Bertz CT molecular complexity index is 477. The lowest BCUT2D eigenvalue weighted by Gasteiger charge is -2.46. The van der Waals surface area contributed by atoms with Crippen LogP contribution in [0.25, 0.3) is 0 Å². The van der Waals surface area contributed by atoms with Crippen molar-refractivity contribution < 1.29 is 4.79 Å². The number of nitrogens with zero attached hydrogens (tertiary/aromatic N) is 1. The van der Waals surface area contributed by atoms with Crippen molar-refractivity contribution in [3.05, 3.63) is 47.5 Å². The number of carbonyl (C=O) groups is 1. The largest absolute Gasteiger partial charge is 0.334 e. The summed E-state index contributed by atoms with van der Waals surface area (Å²) in [6.07, 6.45) is 4.17. The summed E-state index contributed by atoms with van der Waals surface area (Å²) in [5.74, 6) is 0.203. The monoisotopic (exact) mass is 199 g/mol. The minimum atomic E-state index is -0.444. The minimum absolute atomic E-state index is 0.135. The van der Waals surface area contributed by atoms with Crippen LogP contribution < -0.4 is 0 Å². The van der Waals surface area contributed by atoms with Gasteiger partial charge >= 0.3 is 0 Å². The van der Waals surface area contributed by atoms with Crippen LogP contribution in [0.1, 0.15) is 24.1 Å². The van der Waals surface area contributed by atoms with Crippen molar-refractivity contribution in [1.82, 2.24) is 4.90 Å². The number of hydrogen-bond donors (Lipinski definition) is 0. The topological polar surface area (TPSA) is 20.3 Å². The predicted octanol–water partition coefficient (Wildman–Crippen LogP) is 2.03.